The predicted octanol–water partition coefficient (Wildman–Crippen LogP) is 4.48. The zero-order valence-corrected chi connectivity index (χ0v) is 16.4. The second-order valence-electron chi connectivity index (χ2n) is 6.84. The number of halogens is 1. The first-order valence-corrected chi connectivity index (χ1v) is 10.4. The molecule has 27 heavy (non-hydrogen) atoms. The van der Waals surface area contributed by atoms with Gasteiger partial charge in [-0.1, -0.05) is 31.5 Å². The summed E-state index contributed by atoms with van der Waals surface area (Å²) < 4.78 is 13.8. The fraction of sp³-hybridized carbons (Fsp3) is 0.429. The lowest BCUT2D eigenvalue weighted by Crippen LogP contribution is -2.27. The molecule has 2 N–H and O–H groups in total. The number of unbranched alkanes of at least 4 members (excludes halogenated alkanes) is 1. The summed E-state index contributed by atoms with van der Waals surface area (Å²) >= 11 is 1.49. The molecule has 0 spiro atoms. The first-order valence-electron chi connectivity index (χ1n) is 9.56. The van der Waals surface area contributed by atoms with Crippen LogP contribution in [0.25, 0.3) is 0 Å². The number of hydrogen-bond acceptors (Lipinski definition) is 3. The summed E-state index contributed by atoms with van der Waals surface area (Å²) in [7, 11) is 0. The molecule has 6 heteroatoms. The van der Waals surface area contributed by atoms with Crippen LogP contribution >= 0.6 is 11.3 Å². The van der Waals surface area contributed by atoms with E-state index in [-0.39, 0.29) is 18.2 Å². The molecule has 4 nitrogen and oxygen atoms in total. The Morgan fingerprint density at radius 2 is 1.96 bits per heavy atom. The zero-order valence-electron chi connectivity index (χ0n) is 15.6. The number of benzene rings is 1. The molecule has 0 aliphatic heterocycles. The molecule has 2 amide bonds. The number of aryl methyl sites for hydroxylation is 1. The van der Waals surface area contributed by atoms with Crippen molar-refractivity contribution in [3.8, 4) is 0 Å². The van der Waals surface area contributed by atoms with Crippen LogP contribution in [0.4, 0.5) is 9.39 Å². The third-order valence-electron chi connectivity index (χ3n) is 4.78. The van der Waals surface area contributed by atoms with Crippen LogP contribution in [0.1, 0.15) is 59.0 Å². The molecule has 144 valence electrons. The molecule has 1 heterocycles. The Balaban J connectivity index is 1.79. The number of rotatable bonds is 7. The van der Waals surface area contributed by atoms with Gasteiger partial charge in [-0.15, -0.1) is 11.3 Å². The van der Waals surface area contributed by atoms with E-state index in [1.165, 1.54) is 22.3 Å². The van der Waals surface area contributed by atoms with Crippen molar-refractivity contribution in [1.29, 1.82) is 0 Å². The van der Waals surface area contributed by atoms with Crippen molar-refractivity contribution >= 4 is 28.2 Å². The van der Waals surface area contributed by atoms with Gasteiger partial charge in [0.25, 0.3) is 5.91 Å². The summed E-state index contributed by atoms with van der Waals surface area (Å²) in [6.07, 6.45) is 5.85. The number of hydrogen-bond donors (Lipinski definition) is 2. The van der Waals surface area contributed by atoms with Crippen LogP contribution in [0.15, 0.2) is 24.3 Å². The number of amides is 2. The van der Waals surface area contributed by atoms with Gasteiger partial charge in [0.15, 0.2) is 0 Å². The van der Waals surface area contributed by atoms with Crippen molar-refractivity contribution in [2.45, 2.75) is 51.9 Å². The number of nitrogens with one attached hydrogen (secondary N) is 2. The minimum atomic E-state index is -0.393. The van der Waals surface area contributed by atoms with E-state index in [1.807, 2.05) is 0 Å². The van der Waals surface area contributed by atoms with Crippen LogP contribution in [-0.2, 0) is 24.1 Å². The number of thiophene rings is 1. The fourth-order valence-corrected chi connectivity index (χ4v) is 4.65. The van der Waals surface area contributed by atoms with Crippen molar-refractivity contribution in [1.82, 2.24) is 5.32 Å². The molecular formula is C21H25FN2O2S. The first-order chi connectivity index (χ1) is 13.1. The van der Waals surface area contributed by atoms with Crippen molar-refractivity contribution in [2.75, 3.05) is 11.9 Å². The van der Waals surface area contributed by atoms with Crippen LogP contribution in [-0.4, -0.2) is 18.4 Å². The topological polar surface area (TPSA) is 58.2 Å². The number of carbonyl (C=O) groups is 2. The lowest BCUT2D eigenvalue weighted by Gasteiger charge is -2.13. The molecule has 0 saturated heterocycles. The number of carbonyl (C=O) groups excluding carboxylic acids is 2. The Hall–Kier alpha value is -2.21. The lowest BCUT2D eigenvalue weighted by atomic mass is 9.95. The highest BCUT2D eigenvalue weighted by atomic mass is 32.1. The Kier molecular flexibility index (Phi) is 6.61. The number of anilines is 1. The minimum absolute atomic E-state index is 0.0495. The molecule has 2 aromatic rings. The van der Waals surface area contributed by atoms with Crippen molar-refractivity contribution < 1.29 is 14.0 Å². The highest BCUT2D eigenvalue weighted by Gasteiger charge is 2.26. The second-order valence-corrected chi connectivity index (χ2v) is 7.95. The Bertz CT molecular complexity index is 832. The molecule has 1 aliphatic carbocycles. The monoisotopic (exact) mass is 388 g/mol. The van der Waals surface area contributed by atoms with Crippen LogP contribution in [0, 0.1) is 5.82 Å². The van der Waals surface area contributed by atoms with E-state index in [0.717, 1.165) is 44.1 Å². The molecule has 1 aliphatic rings. The van der Waals surface area contributed by atoms with Gasteiger partial charge in [-0.05, 0) is 49.3 Å². The first kappa shape index (κ1) is 19.5. The fourth-order valence-electron chi connectivity index (χ4n) is 3.35. The van der Waals surface area contributed by atoms with Crippen LogP contribution < -0.4 is 10.6 Å². The van der Waals surface area contributed by atoms with Gasteiger partial charge in [-0.3, -0.25) is 9.59 Å². The molecule has 3 rings (SSSR count). The third kappa shape index (κ3) is 4.75. The summed E-state index contributed by atoms with van der Waals surface area (Å²) in [6.45, 7) is 2.70. The van der Waals surface area contributed by atoms with Gasteiger partial charge < -0.3 is 10.6 Å². The maximum atomic E-state index is 13.8. The van der Waals surface area contributed by atoms with Gasteiger partial charge in [0.05, 0.1) is 12.0 Å². The Morgan fingerprint density at radius 1 is 1.19 bits per heavy atom. The van der Waals surface area contributed by atoms with Gasteiger partial charge >= 0.3 is 0 Å². The molecule has 0 fully saturated rings. The third-order valence-corrected chi connectivity index (χ3v) is 5.98. The summed E-state index contributed by atoms with van der Waals surface area (Å²) in [4.78, 5) is 26.4. The smallest absolute Gasteiger partial charge is 0.254 e. The molecule has 1 aromatic carbocycles. The Labute approximate surface area is 163 Å². The minimum Gasteiger partial charge on any atom is -0.352 e. The average molecular weight is 389 g/mol. The maximum absolute atomic E-state index is 13.8. The van der Waals surface area contributed by atoms with Crippen molar-refractivity contribution in [3.05, 3.63) is 51.7 Å². The summed E-state index contributed by atoms with van der Waals surface area (Å²) in [5.41, 5.74) is 2.03. The summed E-state index contributed by atoms with van der Waals surface area (Å²) in [6, 6.07) is 6.26. The van der Waals surface area contributed by atoms with E-state index < -0.39 is 5.82 Å². The standard InChI is InChI=1S/C21H25FN2O2S/c1-2-3-12-23-20(26)19-15-9-5-7-11-17(15)27-21(19)24-18(25)13-14-8-4-6-10-16(14)22/h4,6,8,10H,2-3,5,7,9,11-13H2,1H3,(H,23,26)(H,24,25). The van der Waals surface area contributed by atoms with Crippen LogP contribution in [0.3, 0.4) is 0 Å². The van der Waals surface area contributed by atoms with Gasteiger partial charge in [0, 0.05) is 11.4 Å². The summed E-state index contributed by atoms with van der Waals surface area (Å²) in [5.74, 6) is -0.819. The quantitative estimate of drug-likeness (QED) is 0.687. The predicted molar refractivity (Wildman–Crippen MR) is 107 cm³/mol. The molecule has 0 unspecified atom stereocenters. The van der Waals surface area contributed by atoms with E-state index in [1.54, 1.807) is 18.2 Å². The van der Waals surface area contributed by atoms with Gasteiger partial charge in [0.2, 0.25) is 5.91 Å². The van der Waals surface area contributed by atoms with E-state index >= 15 is 0 Å². The van der Waals surface area contributed by atoms with E-state index in [2.05, 4.69) is 17.6 Å². The lowest BCUT2D eigenvalue weighted by molar-refractivity contribution is -0.115. The SMILES string of the molecule is CCCCNC(=O)c1c(NC(=O)Cc2ccccc2F)sc2c1CCCC2. The normalized spacial score (nSPS) is 13.1. The summed E-state index contributed by atoms with van der Waals surface area (Å²) in [5, 5.41) is 6.43. The molecule has 0 bridgehead atoms. The molecule has 0 atom stereocenters. The van der Waals surface area contributed by atoms with Crippen molar-refractivity contribution in [3.63, 3.8) is 0 Å². The van der Waals surface area contributed by atoms with E-state index in [4.69, 9.17) is 0 Å². The zero-order chi connectivity index (χ0) is 19.2. The van der Waals surface area contributed by atoms with Crippen molar-refractivity contribution in [2.24, 2.45) is 0 Å². The molecular weight excluding hydrogens is 363 g/mol. The molecule has 0 radical (unpaired) electrons. The largest absolute Gasteiger partial charge is 0.352 e. The van der Waals surface area contributed by atoms with Gasteiger partial charge in [-0.25, -0.2) is 4.39 Å². The van der Waals surface area contributed by atoms with Crippen LogP contribution in [0.5, 0.6) is 0 Å². The van der Waals surface area contributed by atoms with E-state index in [9.17, 15) is 14.0 Å². The van der Waals surface area contributed by atoms with Crippen LogP contribution in [0.2, 0.25) is 0 Å². The van der Waals surface area contributed by atoms with Gasteiger partial charge in [0.1, 0.15) is 10.8 Å². The second kappa shape index (κ2) is 9.13. The molecule has 1 aromatic heterocycles. The highest BCUT2D eigenvalue weighted by Crippen LogP contribution is 2.38. The van der Waals surface area contributed by atoms with E-state index in [0.29, 0.717) is 22.7 Å². The number of fused-ring (bicyclic) bond motifs is 1. The Morgan fingerprint density at radius 3 is 2.74 bits per heavy atom. The maximum Gasteiger partial charge on any atom is 0.254 e. The average Bonchev–Trinajstić information content (AvgIpc) is 3.01. The van der Waals surface area contributed by atoms with Gasteiger partial charge in [-0.2, -0.15) is 0 Å². The molecule has 0 saturated carbocycles. The highest BCUT2D eigenvalue weighted by molar-refractivity contribution is 7.17.